The lowest BCUT2D eigenvalue weighted by atomic mass is 10.2. The zero-order valence-corrected chi connectivity index (χ0v) is 6.77. The van der Waals surface area contributed by atoms with Crippen molar-refractivity contribution in [2.75, 3.05) is 13.2 Å². The van der Waals surface area contributed by atoms with E-state index in [1.165, 1.54) is 0 Å². The first kappa shape index (κ1) is 11.7. The Morgan fingerprint density at radius 1 is 1.46 bits per heavy atom. The van der Waals surface area contributed by atoms with Crippen molar-refractivity contribution in [2.24, 2.45) is 10.7 Å². The van der Waals surface area contributed by atoms with Gasteiger partial charge in [0.1, 0.15) is 18.5 Å². The van der Waals surface area contributed by atoms with Crippen LogP contribution in [0.1, 0.15) is 0 Å². The van der Waals surface area contributed by atoms with E-state index in [0.717, 1.165) is 0 Å². The number of aliphatic carboxylic acids is 1. The Labute approximate surface area is 74.0 Å². The van der Waals surface area contributed by atoms with Crippen LogP contribution in [-0.2, 0) is 4.79 Å². The van der Waals surface area contributed by atoms with Crippen molar-refractivity contribution < 1.29 is 20.1 Å². The number of nitrogens with two attached hydrogens (primary N) is 1. The summed E-state index contributed by atoms with van der Waals surface area (Å²) < 4.78 is 0. The van der Waals surface area contributed by atoms with Gasteiger partial charge in [-0.3, -0.25) is 10.2 Å². The maximum atomic E-state index is 10.3. The lowest BCUT2D eigenvalue weighted by molar-refractivity contribution is -0.136. The number of aliphatic imine (C=N–C) groups is 1. The Balaban J connectivity index is 4.58. The molecule has 0 aliphatic heterocycles. The Bertz CT molecular complexity index is 238. The highest BCUT2D eigenvalue weighted by Gasteiger charge is 2.18. The van der Waals surface area contributed by atoms with Crippen molar-refractivity contribution in [2.45, 2.75) is 6.04 Å². The second-order valence-electron chi connectivity index (χ2n) is 2.18. The predicted octanol–water partition coefficient (Wildman–Crippen LogP) is -2.20. The van der Waals surface area contributed by atoms with Gasteiger partial charge < -0.3 is 21.1 Å². The number of carboxylic acids is 1. The molecule has 13 heavy (non-hydrogen) atoms. The molecular formula is C6H11N3O4. The molecule has 0 aromatic heterocycles. The Kier molecular flexibility index (Phi) is 4.82. The molecule has 7 heteroatoms. The predicted molar refractivity (Wildman–Crippen MR) is 44.9 cm³/mol. The van der Waals surface area contributed by atoms with E-state index in [9.17, 15) is 4.79 Å². The van der Waals surface area contributed by atoms with Gasteiger partial charge in [-0.1, -0.05) is 0 Å². The number of carboxylic acid groups (broad SMARTS) is 1. The molecule has 0 aliphatic carbocycles. The number of hydrogen-bond donors (Lipinski definition) is 5. The average Bonchev–Trinajstić information content (AvgIpc) is 2.12. The van der Waals surface area contributed by atoms with Crippen LogP contribution in [0.5, 0.6) is 0 Å². The summed E-state index contributed by atoms with van der Waals surface area (Å²) in [5, 5.41) is 32.4. The normalized spacial score (nSPS) is 13.9. The van der Waals surface area contributed by atoms with Gasteiger partial charge in [0.15, 0.2) is 0 Å². The van der Waals surface area contributed by atoms with Crippen molar-refractivity contribution in [1.29, 1.82) is 5.41 Å². The van der Waals surface area contributed by atoms with E-state index in [1.807, 2.05) is 0 Å². The summed E-state index contributed by atoms with van der Waals surface area (Å²) in [7, 11) is 0. The summed E-state index contributed by atoms with van der Waals surface area (Å²) in [4.78, 5) is 13.6. The molecule has 0 spiro atoms. The molecule has 74 valence electrons. The second-order valence-corrected chi connectivity index (χ2v) is 2.18. The fourth-order valence-corrected chi connectivity index (χ4v) is 0.554. The number of nitrogens with zero attached hydrogens (tertiary/aromatic N) is 1. The van der Waals surface area contributed by atoms with Crippen molar-refractivity contribution in [3.63, 3.8) is 0 Å². The number of nitrogens with one attached hydrogen (secondary N) is 1. The molecular weight excluding hydrogens is 178 g/mol. The summed E-state index contributed by atoms with van der Waals surface area (Å²) in [5.74, 6) is -1.79. The quantitative estimate of drug-likeness (QED) is 0.252. The standard InChI is InChI=1S/C6H11N3O4/c7-4(2-11)9-3(1-10)5(8)6(12)13/h5,7,10-11H,1-2,8H2,(H,12,13). The first-order chi connectivity index (χ1) is 6.02. The smallest absolute Gasteiger partial charge is 0.326 e. The minimum Gasteiger partial charge on any atom is -0.480 e. The summed E-state index contributed by atoms with van der Waals surface area (Å²) in [6.45, 7) is -1.29. The Morgan fingerprint density at radius 2 is 2.00 bits per heavy atom. The summed E-state index contributed by atoms with van der Waals surface area (Å²) in [6, 6.07) is -1.45. The van der Waals surface area contributed by atoms with Gasteiger partial charge in [0.25, 0.3) is 0 Å². The summed E-state index contributed by atoms with van der Waals surface area (Å²) in [5.41, 5.74) is 4.85. The maximum Gasteiger partial charge on any atom is 0.326 e. The van der Waals surface area contributed by atoms with Crippen LogP contribution < -0.4 is 5.73 Å². The number of amidine groups is 1. The lowest BCUT2D eigenvalue weighted by Gasteiger charge is -2.07. The van der Waals surface area contributed by atoms with Gasteiger partial charge in [0.2, 0.25) is 0 Å². The topological polar surface area (TPSA) is 140 Å². The summed E-state index contributed by atoms with van der Waals surface area (Å²) in [6.07, 6.45) is 0. The number of carbonyl (C=O) groups is 1. The van der Waals surface area contributed by atoms with Gasteiger partial charge in [-0.05, 0) is 0 Å². The molecule has 0 aromatic rings. The van der Waals surface area contributed by atoms with E-state index in [4.69, 9.17) is 26.5 Å². The molecule has 6 N–H and O–H groups in total. The third kappa shape index (κ3) is 3.74. The van der Waals surface area contributed by atoms with E-state index in [1.54, 1.807) is 0 Å². The molecule has 0 aromatic carbocycles. The lowest BCUT2D eigenvalue weighted by Crippen LogP contribution is -2.40. The number of aliphatic hydroxyl groups excluding tert-OH is 2. The van der Waals surface area contributed by atoms with E-state index in [-0.39, 0.29) is 5.71 Å². The van der Waals surface area contributed by atoms with E-state index in [0.29, 0.717) is 0 Å². The third-order valence-corrected chi connectivity index (χ3v) is 1.22. The number of rotatable bonds is 4. The zero-order valence-electron chi connectivity index (χ0n) is 6.77. The van der Waals surface area contributed by atoms with Crippen LogP contribution in [0.3, 0.4) is 0 Å². The first-order valence-electron chi connectivity index (χ1n) is 3.38. The van der Waals surface area contributed by atoms with Crippen LogP contribution >= 0.6 is 0 Å². The van der Waals surface area contributed by atoms with Crippen LogP contribution in [0.15, 0.2) is 4.99 Å². The van der Waals surface area contributed by atoms with E-state index in [2.05, 4.69) is 4.99 Å². The Morgan fingerprint density at radius 3 is 2.31 bits per heavy atom. The largest absolute Gasteiger partial charge is 0.480 e. The van der Waals surface area contributed by atoms with Gasteiger partial charge in [-0.15, -0.1) is 0 Å². The monoisotopic (exact) mass is 189 g/mol. The van der Waals surface area contributed by atoms with Crippen LogP contribution in [0.2, 0.25) is 0 Å². The minimum absolute atomic E-state index is 0.258. The van der Waals surface area contributed by atoms with E-state index < -0.39 is 31.1 Å². The zero-order chi connectivity index (χ0) is 10.4. The van der Waals surface area contributed by atoms with Crippen molar-refractivity contribution >= 4 is 17.5 Å². The maximum absolute atomic E-state index is 10.3. The van der Waals surface area contributed by atoms with Gasteiger partial charge in [0.05, 0.1) is 12.3 Å². The highest BCUT2D eigenvalue weighted by atomic mass is 16.4. The highest BCUT2D eigenvalue weighted by Crippen LogP contribution is 1.88. The summed E-state index contributed by atoms with van der Waals surface area (Å²) >= 11 is 0. The fraction of sp³-hybridized carbons (Fsp3) is 0.500. The van der Waals surface area contributed by atoms with Crippen LogP contribution in [0.4, 0.5) is 0 Å². The molecule has 0 aliphatic rings. The molecule has 0 saturated heterocycles. The SMILES string of the molecule is N=C(CO)N=C(CO)C(N)C(=O)O. The van der Waals surface area contributed by atoms with Gasteiger partial charge in [-0.2, -0.15) is 0 Å². The first-order valence-corrected chi connectivity index (χ1v) is 3.38. The van der Waals surface area contributed by atoms with Gasteiger partial charge >= 0.3 is 5.97 Å². The molecule has 1 unspecified atom stereocenters. The van der Waals surface area contributed by atoms with E-state index >= 15 is 0 Å². The van der Waals surface area contributed by atoms with Crippen molar-refractivity contribution in [3.8, 4) is 0 Å². The highest BCUT2D eigenvalue weighted by molar-refractivity contribution is 6.10. The Hall–Kier alpha value is -1.31. The molecule has 0 radical (unpaired) electrons. The molecule has 0 fully saturated rings. The molecule has 0 amide bonds. The average molecular weight is 189 g/mol. The third-order valence-electron chi connectivity index (χ3n) is 1.22. The number of aliphatic hydroxyl groups is 2. The van der Waals surface area contributed by atoms with Crippen LogP contribution in [0, 0.1) is 5.41 Å². The van der Waals surface area contributed by atoms with Crippen molar-refractivity contribution in [1.82, 2.24) is 0 Å². The fourth-order valence-electron chi connectivity index (χ4n) is 0.554. The molecule has 1 atom stereocenters. The minimum atomic E-state index is -1.45. The van der Waals surface area contributed by atoms with Gasteiger partial charge in [0, 0.05) is 0 Å². The van der Waals surface area contributed by atoms with Crippen molar-refractivity contribution in [3.05, 3.63) is 0 Å². The molecule has 0 bridgehead atoms. The molecule has 0 heterocycles. The second kappa shape index (κ2) is 5.36. The molecule has 0 saturated carbocycles. The molecule has 7 nitrogen and oxygen atoms in total. The number of hydrogen-bond acceptors (Lipinski definition) is 5. The van der Waals surface area contributed by atoms with Gasteiger partial charge in [-0.25, -0.2) is 4.99 Å². The van der Waals surface area contributed by atoms with Crippen LogP contribution in [-0.4, -0.2) is 52.1 Å². The molecule has 0 rings (SSSR count). The van der Waals surface area contributed by atoms with Crippen LogP contribution in [0.25, 0.3) is 0 Å².